The molecule has 0 saturated heterocycles. The molecule has 8 heteroatoms. The molecule has 0 spiro atoms. The van der Waals surface area contributed by atoms with Gasteiger partial charge in [-0.3, -0.25) is 0 Å². The molecule has 0 atom stereocenters. The van der Waals surface area contributed by atoms with Crippen molar-refractivity contribution in [3.05, 3.63) is 117 Å². The summed E-state index contributed by atoms with van der Waals surface area (Å²) < 4.78 is 14.0. The molecule has 0 radical (unpaired) electrons. The topological polar surface area (TPSA) is 83.3 Å². The van der Waals surface area contributed by atoms with Crippen LogP contribution in [0.4, 0.5) is 0 Å². The lowest BCUT2D eigenvalue weighted by Gasteiger charge is -2.09. The van der Waals surface area contributed by atoms with Crippen molar-refractivity contribution in [2.45, 2.75) is 83.6 Å². The molecule has 4 aromatic rings. The molecule has 7 nitrogen and oxygen atoms in total. The molecule has 0 N–H and O–H groups in total. The number of rotatable bonds is 17. The van der Waals surface area contributed by atoms with Crippen LogP contribution in [0.15, 0.2) is 97.1 Å². The predicted octanol–water partition coefficient (Wildman–Crippen LogP) is 10.1. The van der Waals surface area contributed by atoms with Crippen LogP contribution in [0, 0.1) is 3.70 Å². The highest BCUT2D eigenvalue weighted by atomic mass is 127. The minimum absolute atomic E-state index is 0.239. The fourth-order valence-corrected chi connectivity index (χ4v) is 6.29. The fraction of sp³-hybridized carbons (Fsp3) is 0.333. The summed E-state index contributed by atoms with van der Waals surface area (Å²) in [6.45, 7) is 3.11. The maximum atomic E-state index is 12.8. The number of hydrogen-bond acceptors (Lipinski definition) is 6. The fourth-order valence-electron chi connectivity index (χ4n) is 5.54. The zero-order chi connectivity index (χ0) is 32.8. The average molecular weight is 744 g/mol. The van der Waals surface area contributed by atoms with E-state index in [0.717, 1.165) is 33.5 Å². The van der Waals surface area contributed by atoms with E-state index in [1.807, 2.05) is 41.1 Å². The van der Waals surface area contributed by atoms with Crippen molar-refractivity contribution in [3.8, 4) is 22.8 Å². The first kappa shape index (κ1) is 34.3. The number of aromatic nitrogens is 3. The number of carbonyl (C=O) groups is 2. The van der Waals surface area contributed by atoms with Gasteiger partial charge in [0.1, 0.15) is 20.9 Å². The van der Waals surface area contributed by atoms with E-state index in [2.05, 4.69) is 52.0 Å². The molecule has 0 aliphatic heterocycles. The molecular weight excluding hydrogens is 701 g/mol. The molecule has 3 aromatic carbocycles. The van der Waals surface area contributed by atoms with E-state index in [0.29, 0.717) is 22.6 Å². The number of esters is 2. The number of nitrogens with zero attached hydrogens (tertiary/aromatic N) is 3. The van der Waals surface area contributed by atoms with Crippen molar-refractivity contribution in [1.29, 1.82) is 0 Å². The third-order valence-corrected chi connectivity index (χ3v) is 9.38. The standard InChI is InChI=1S/C39H42IN3O4/c1-2-3-4-5-6-7-8-9-10-13-28-43-37(40)36(41-42-43)31-18-22-33(23-19-31)39(45)47-35-26-24-34(25-27-35)46-38(44)32-20-16-30(17-21-32)29-14-11-12-15-29/h11-12,14-27,29H,2-10,13,28H2,1H3. The number of hydrogen-bond donors (Lipinski definition) is 0. The summed E-state index contributed by atoms with van der Waals surface area (Å²) in [6.07, 6.45) is 21.2. The number of aryl methyl sites for hydroxylation is 1. The SMILES string of the molecule is CCCCCCCCCCCCn1nnc(-c2ccc(C(=O)Oc3ccc(OC(=O)c4ccc(C5C=CC=C5)cc4)cc3)cc2)c1I. The van der Waals surface area contributed by atoms with E-state index in [1.165, 1.54) is 57.8 Å². The van der Waals surface area contributed by atoms with Gasteiger partial charge in [0.05, 0.1) is 11.1 Å². The first-order valence-electron chi connectivity index (χ1n) is 16.7. The quantitative estimate of drug-likeness (QED) is 0.0464. The van der Waals surface area contributed by atoms with Crippen molar-refractivity contribution in [1.82, 2.24) is 15.0 Å². The number of allylic oxidation sites excluding steroid dienone is 4. The van der Waals surface area contributed by atoms with Gasteiger partial charge in [-0.05, 0) is 83.1 Å². The second-order valence-corrected chi connectivity index (χ2v) is 12.9. The Morgan fingerprint density at radius 3 is 1.70 bits per heavy atom. The first-order chi connectivity index (χ1) is 23.0. The van der Waals surface area contributed by atoms with Gasteiger partial charge in [0.15, 0.2) is 0 Å². The van der Waals surface area contributed by atoms with E-state index < -0.39 is 11.9 Å². The van der Waals surface area contributed by atoms with E-state index >= 15 is 0 Å². The second kappa shape index (κ2) is 17.8. The van der Waals surface area contributed by atoms with E-state index in [9.17, 15) is 9.59 Å². The molecule has 0 fully saturated rings. The van der Waals surface area contributed by atoms with Gasteiger partial charge < -0.3 is 9.47 Å². The number of halogens is 1. The summed E-state index contributed by atoms with van der Waals surface area (Å²) in [5.41, 5.74) is 3.70. The largest absolute Gasteiger partial charge is 0.423 e. The average Bonchev–Trinajstić information content (AvgIpc) is 3.77. The Hall–Kier alpha value is -4.05. The molecule has 5 rings (SSSR count). The lowest BCUT2D eigenvalue weighted by molar-refractivity contribution is 0.0719. The summed E-state index contributed by atoms with van der Waals surface area (Å²) in [6, 6.07) is 21.0. The van der Waals surface area contributed by atoms with Gasteiger partial charge in [0, 0.05) is 18.0 Å². The van der Waals surface area contributed by atoms with Crippen LogP contribution in [0.2, 0.25) is 0 Å². The van der Waals surface area contributed by atoms with Gasteiger partial charge in [-0.15, -0.1) is 5.10 Å². The minimum atomic E-state index is -0.479. The van der Waals surface area contributed by atoms with Gasteiger partial charge in [0.25, 0.3) is 0 Å². The van der Waals surface area contributed by atoms with Crippen LogP contribution < -0.4 is 9.47 Å². The van der Waals surface area contributed by atoms with Crippen molar-refractivity contribution in [2.75, 3.05) is 0 Å². The normalized spacial score (nSPS) is 12.5. The van der Waals surface area contributed by atoms with Gasteiger partial charge in [-0.2, -0.15) is 0 Å². The van der Waals surface area contributed by atoms with Gasteiger partial charge in [-0.25, -0.2) is 14.3 Å². The van der Waals surface area contributed by atoms with Crippen LogP contribution in [0.3, 0.4) is 0 Å². The smallest absolute Gasteiger partial charge is 0.343 e. The highest BCUT2D eigenvalue weighted by Crippen LogP contribution is 2.26. The van der Waals surface area contributed by atoms with E-state index in [4.69, 9.17) is 9.47 Å². The maximum absolute atomic E-state index is 12.8. The van der Waals surface area contributed by atoms with Crippen LogP contribution >= 0.6 is 22.6 Å². The summed E-state index contributed by atoms with van der Waals surface area (Å²) in [4.78, 5) is 25.4. The molecular formula is C39H42IN3O4. The molecule has 0 saturated carbocycles. The molecule has 1 aliphatic carbocycles. The minimum Gasteiger partial charge on any atom is -0.423 e. The monoisotopic (exact) mass is 743 g/mol. The Labute approximate surface area is 291 Å². The Morgan fingerprint density at radius 2 is 1.17 bits per heavy atom. The highest BCUT2D eigenvalue weighted by Gasteiger charge is 2.15. The van der Waals surface area contributed by atoms with Crippen molar-refractivity contribution in [2.24, 2.45) is 0 Å². The van der Waals surface area contributed by atoms with Crippen molar-refractivity contribution < 1.29 is 19.1 Å². The Bertz CT molecular complexity index is 1650. The zero-order valence-electron chi connectivity index (χ0n) is 26.9. The number of ether oxygens (including phenoxy) is 2. The summed E-state index contributed by atoms with van der Waals surface area (Å²) in [5.74, 6) is 0.0225. The lowest BCUT2D eigenvalue weighted by Crippen LogP contribution is -2.09. The van der Waals surface area contributed by atoms with Crippen molar-refractivity contribution >= 4 is 34.5 Å². The summed E-state index contributed by atoms with van der Waals surface area (Å²) >= 11 is 2.30. The van der Waals surface area contributed by atoms with Crippen LogP contribution in [-0.4, -0.2) is 26.9 Å². The zero-order valence-corrected chi connectivity index (χ0v) is 29.1. The number of benzene rings is 3. The van der Waals surface area contributed by atoms with Gasteiger partial charge in [-0.1, -0.05) is 118 Å². The number of carbonyl (C=O) groups excluding carboxylic acids is 2. The number of unbranched alkanes of at least 4 members (excludes halogenated alkanes) is 9. The molecule has 0 bridgehead atoms. The predicted molar refractivity (Wildman–Crippen MR) is 194 cm³/mol. The summed E-state index contributed by atoms with van der Waals surface area (Å²) in [5, 5.41) is 8.78. The summed E-state index contributed by atoms with van der Waals surface area (Å²) in [7, 11) is 0. The van der Waals surface area contributed by atoms with Gasteiger partial charge >= 0.3 is 11.9 Å². The molecule has 47 heavy (non-hydrogen) atoms. The van der Waals surface area contributed by atoms with Crippen LogP contribution in [-0.2, 0) is 6.54 Å². The first-order valence-corrected chi connectivity index (χ1v) is 17.8. The highest BCUT2D eigenvalue weighted by molar-refractivity contribution is 14.1. The Balaban J connectivity index is 1.06. The maximum Gasteiger partial charge on any atom is 0.343 e. The lowest BCUT2D eigenvalue weighted by atomic mass is 10.00. The van der Waals surface area contributed by atoms with Gasteiger partial charge in [0.2, 0.25) is 0 Å². The molecule has 1 heterocycles. The molecule has 0 unspecified atom stereocenters. The molecule has 1 aromatic heterocycles. The van der Waals surface area contributed by atoms with Crippen molar-refractivity contribution in [3.63, 3.8) is 0 Å². The van der Waals surface area contributed by atoms with Crippen LogP contribution in [0.25, 0.3) is 11.3 Å². The van der Waals surface area contributed by atoms with E-state index in [-0.39, 0.29) is 5.92 Å². The second-order valence-electron chi connectivity index (χ2n) is 11.9. The third kappa shape index (κ3) is 9.97. The Kier molecular flexibility index (Phi) is 13.0. The molecule has 1 aliphatic rings. The Morgan fingerprint density at radius 1 is 0.681 bits per heavy atom. The van der Waals surface area contributed by atoms with Crippen LogP contribution in [0.5, 0.6) is 11.5 Å². The molecule has 0 amide bonds. The van der Waals surface area contributed by atoms with Crippen LogP contribution in [0.1, 0.15) is 103 Å². The third-order valence-electron chi connectivity index (χ3n) is 8.32. The molecule has 244 valence electrons. The van der Waals surface area contributed by atoms with E-state index in [1.54, 1.807) is 48.5 Å².